The van der Waals surface area contributed by atoms with Crippen molar-refractivity contribution in [3.05, 3.63) is 63.4 Å². The van der Waals surface area contributed by atoms with E-state index in [1.165, 1.54) is 11.8 Å². The second-order valence-electron chi connectivity index (χ2n) is 5.79. The number of thioether (sulfide) groups is 1. The Kier molecular flexibility index (Phi) is 6.32. The molecule has 0 radical (unpaired) electrons. The summed E-state index contributed by atoms with van der Waals surface area (Å²) >= 11 is 19.5. The van der Waals surface area contributed by atoms with Gasteiger partial charge in [-0.15, -0.1) is 10.2 Å². The summed E-state index contributed by atoms with van der Waals surface area (Å²) in [6.45, 7) is 3.72. The third kappa shape index (κ3) is 4.76. The highest BCUT2D eigenvalue weighted by Gasteiger charge is 2.19. The quantitative estimate of drug-likeness (QED) is 0.519. The molecule has 9 heteroatoms. The molecule has 140 valence electrons. The van der Waals surface area contributed by atoms with Crippen LogP contribution in [0.3, 0.4) is 0 Å². The van der Waals surface area contributed by atoms with Crippen LogP contribution >= 0.6 is 46.6 Å². The van der Waals surface area contributed by atoms with Crippen LogP contribution in [-0.2, 0) is 4.79 Å². The van der Waals surface area contributed by atoms with Crippen LogP contribution in [0.4, 0.5) is 5.69 Å². The standard InChI is InChI=1S/C18H15Cl3N4OS/c1-10-3-5-13(8-14(10)20)25-9-22-24-18(25)27-11(2)17(26)23-16-6-4-12(19)7-15(16)21/h3-9,11H,1-2H3,(H,23,26). The van der Waals surface area contributed by atoms with E-state index in [1.807, 2.05) is 25.1 Å². The molecule has 27 heavy (non-hydrogen) atoms. The van der Waals surface area contributed by atoms with Gasteiger partial charge in [-0.1, -0.05) is 52.6 Å². The van der Waals surface area contributed by atoms with Crippen LogP contribution < -0.4 is 5.32 Å². The lowest BCUT2D eigenvalue weighted by molar-refractivity contribution is -0.115. The Labute approximate surface area is 176 Å². The third-order valence-corrected chi connectivity index (χ3v) is 5.80. The molecule has 0 aliphatic heterocycles. The van der Waals surface area contributed by atoms with Crippen LogP contribution in [0.25, 0.3) is 5.69 Å². The van der Waals surface area contributed by atoms with Crippen LogP contribution in [0.5, 0.6) is 0 Å². The van der Waals surface area contributed by atoms with Crippen molar-refractivity contribution in [1.82, 2.24) is 14.8 Å². The molecule has 1 amide bonds. The minimum absolute atomic E-state index is 0.208. The van der Waals surface area contributed by atoms with Gasteiger partial charge < -0.3 is 5.32 Å². The maximum absolute atomic E-state index is 12.5. The number of halogens is 3. The monoisotopic (exact) mass is 440 g/mol. The predicted octanol–water partition coefficient (Wildman–Crippen LogP) is 5.66. The number of rotatable bonds is 5. The first-order chi connectivity index (χ1) is 12.8. The number of anilines is 1. The van der Waals surface area contributed by atoms with Gasteiger partial charge in [-0.2, -0.15) is 0 Å². The average molecular weight is 442 g/mol. The molecule has 0 aliphatic carbocycles. The van der Waals surface area contributed by atoms with Crippen molar-refractivity contribution in [2.75, 3.05) is 5.32 Å². The molecule has 2 aromatic carbocycles. The molecule has 0 aliphatic rings. The summed E-state index contributed by atoms with van der Waals surface area (Å²) in [5.74, 6) is -0.208. The summed E-state index contributed by atoms with van der Waals surface area (Å²) in [6.07, 6.45) is 1.59. The van der Waals surface area contributed by atoms with Crippen molar-refractivity contribution < 1.29 is 4.79 Å². The number of hydrogen-bond acceptors (Lipinski definition) is 4. The fourth-order valence-electron chi connectivity index (χ4n) is 2.25. The number of amides is 1. The number of nitrogens with zero attached hydrogens (tertiary/aromatic N) is 3. The Morgan fingerprint density at radius 1 is 1.15 bits per heavy atom. The zero-order valence-corrected chi connectivity index (χ0v) is 17.5. The molecule has 5 nitrogen and oxygen atoms in total. The Morgan fingerprint density at radius 3 is 2.63 bits per heavy atom. The predicted molar refractivity (Wildman–Crippen MR) is 112 cm³/mol. The molecule has 3 rings (SSSR count). The van der Waals surface area contributed by atoms with Crippen LogP contribution in [0, 0.1) is 6.92 Å². The first-order valence-electron chi connectivity index (χ1n) is 7.94. The highest BCUT2D eigenvalue weighted by Crippen LogP contribution is 2.29. The van der Waals surface area contributed by atoms with Gasteiger partial charge in [0.25, 0.3) is 0 Å². The summed E-state index contributed by atoms with van der Waals surface area (Å²) in [5, 5.41) is 12.6. The largest absolute Gasteiger partial charge is 0.324 e. The van der Waals surface area contributed by atoms with Gasteiger partial charge in [0.05, 0.1) is 21.6 Å². The molecule has 0 saturated carbocycles. The molecule has 0 saturated heterocycles. The molecule has 1 unspecified atom stereocenters. The van der Waals surface area contributed by atoms with E-state index in [0.717, 1.165) is 11.3 Å². The van der Waals surface area contributed by atoms with E-state index in [1.54, 1.807) is 36.0 Å². The zero-order valence-electron chi connectivity index (χ0n) is 14.4. The van der Waals surface area contributed by atoms with Gasteiger partial charge in [0.2, 0.25) is 5.91 Å². The fourth-order valence-corrected chi connectivity index (χ4v) is 3.72. The van der Waals surface area contributed by atoms with Crippen LogP contribution in [-0.4, -0.2) is 25.9 Å². The number of hydrogen-bond donors (Lipinski definition) is 1. The molecular formula is C18H15Cl3N4OS. The number of nitrogens with one attached hydrogen (secondary N) is 1. The Hall–Kier alpha value is -1.73. The minimum atomic E-state index is -0.430. The van der Waals surface area contributed by atoms with Crippen molar-refractivity contribution in [3.63, 3.8) is 0 Å². The first-order valence-corrected chi connectivity index (χ1v) is 9.95. The maximum atomic E-state index is 12.5. The fraction of sp³-hybridized carbons (Fsp3) is 0.167. The zero-order chi connectivity index (χ0) is 19.6. The van der Waals surface area contributed by atoms with E-state index in [-0.39, 0.29) is 5.91 Å². The molecule has 1 aromatic heterocycles. The van der Waals surface area contributed by atoms with Crippen LogP contribution in [0.2, 0.25) is 15.1 Å². The smallest absolute Gasteiger partial charge is 0.237 e. The molecule has 1 heterocycles. The lowest BCUT2D eigenvalue weighted by Crippen LogP contribution is -2.23. The van der Waals surface area contributed by atoms with Crippen molar-refractivity contribution in [2.45, 2.75) is 24.3 Å². The summed E-state index contributed by atoms with van der Waals surface area (Å²) in [4.78, 5) is 12.5. The van der Waals surface area contributed by atoms with Gasteiger partial charge in [-0.25, -0.2) is 0 Å². The highest BCUT2D eigenvalue weighted by molar-refractivity contribution is 8.00. The number of carbonyl (C=O) groups is 1. The molecule has 0 fully saturated rings. The molecule has 3 aromatic rings. The Morgan fingerprint density at radius 2 is 1.93 bits per heavy atom. The normalized spacial score (nSPS) is 12.0. The summed E-state index contributed by atoms with van der Waals surface area (Å²) in [5.41, 5.74) is 2.31. The molecular weight excluding hydrogens is 427 g/mol. The second kappa shape index (κ2) is 8.52. The van der Waals surface area contributed by atoms with Gasteiger partial charge >= 0.3 is 0 Å². The van der Waals surface area contributed by atoms with Gasteiger partial charge in [-0.3, -0.25) is 9.36 Å². The van der Waals surface area contributed by atoms with Crippen molar-refractivity contribution in [2.24, 2.45) is 0 Å². The number of aryl methyl sites for hydroxylation is 1. The van der Waals surface area contributed by atoms with Gasteiger partial charge in [0.15, 0.2) is 5.16 Å². The van der Waals surface area contributed by atoms with Crippen molar-refractivity contribution in [3.8, 4) is 5.69 Å². The van der Waals surface area contributed by atoms with Crippen LogP contribution in [0.1, 0.15) is 12.5 Å². The second-order valence-corrected chi connectivity index (χ2v) is 8.35. The number of carbonyl (C=O) groups excluding carboxylic acids is 1. The topological polar surface area (TPSA) is 59.8 Å². The van der Waals surface area contributed by atoms with Gasteiger partial charge in [0.1, 0.15) is 6.33 Å². The van der Waals surface area contributed by atoms with E-state index < -0.39 is 5.25 Å². The van der Waals surface area contributed by atoms with Gasteiger partial charge in [-0.05, 0) is 49.7 Å². The first kappa shape index (κ1) is 20.0. The van der Waals surface area contributed by atoms with Crippen molar-refractivity contribution in [1.29, 1.82) is 0 Å². The minimum Gasteiger partial charge on any atom is -0.324 e. The summed E-state index contributed by atoms with van der Waals surface area (Å²) in [6, 6.07) is 10.6. The van der Waals surface area contributed by atoms with Crippen LogP contribution in [0.15, 0.2) is 47.9 Å². The van der Waals surface area contributed by atoms with Gasteiger partial charge in [0, 0.05) is 10.0 Å². The lowest BCUT2D eigenvalue weighted by Gasteiger charge is -2.13. The van der Waals surface area contributed by atoms with E-state index in [4.69, 9.17) is 34.8 Å². The van der Waals surface area contributed by atoms with E-state index in [9.17, 15) is 4.79 Å². The van der Waals surface area contributed by atoms with E-state index in [0.29, 0.717) is 25.9 Å². The third-order valence-electron chi connectivity index (χ3n) is 3.79. The SMILES string of the molecule is Cc1ccc(-n2cnnc2SC(C)C(=O)Nc2ccc(Cl)cc2Cl)cc1Cl. The Bertz CT molecular complexity index is 992. The molecule has 0 spiro atoms. The lowest BCUT2D eigenvalue weighted by atomic mass is 10.2. The average Bonchev–Trinajstić information content (AvgIpc) is 3.07. The number of benzene rings is 2. The molecule has 1 N–H and O–H groups in total. The van der Waals surface area contributed by atoms with E-state index in [2.05, 4.69) is 15.5 Å². The maximum Gasteiger partial charge on any atom is 0.237 e. The summed E-state index contributed by atoms with van der Waals surface area (Å²) < 4.78 is 1.79. The van der Waals surface area contributed by atoms with E-state index >= 15 is 0 Å². The molecule has 0 bridgehead atoms. The Balaban J connectivity index is 1.74. The van der Waals surface area contributed by atoms with Crippen molar-refractivity contribution >= 4 is 58.2 Å². The highest BCUT2D eigenvalue weighted by atomic mass is 35.5. The molecule has 1 atom stereocenters. The number of aromatic nitrogens is 3. The summed E-state index contributed by atoms with van der Waals surface area (Å²) in [7, 11) is 0.